The molecule has 5 saturated heterocycles. The molecule has 0 atom stereocenters. The van der Waals surface area contributed by atoms with Crippen molar-refractivity contribution in [1.82, 2.24) is 0 Å². The Balaban J connectivity index is 0.000000155. The van der Waals surface area contributed by atoms with Gasteiger partial charge in [0.25, 0.3) is 0 Å². The molecule has 0 saturated carbocycles. The molecule has 5 fully saturated rings. The van der Waals surface area contributed by atoms with Crippen LogP contribution in [-0.2, 0) is 37.5 Å². The van der Waals surface area contributed by atoms with Crippen LogP contribution in [0.2, 0.25) is 0 Å². The largest absolute Gasteiger partial charge is 0.494 e. The fourth-order valence-electron chi connectivity index (χ4n) is 6.25. The van der Waals surface area contributed by atoms with E-state index in [0.29, 0.717) is 12.8 Å². The van der Waals surface area contributed by atoms with Crippen molar-refractivity contribution in [3.05, 3.63) is 53.0 Å². The van der Waals surface area contributed by atoms with Gasteiger partial charge in [0, 0.05) is 41.8 Å². The predicted molar refractivity (Wildman–Crippen MR) is 212 cm³/mol. The Hall–Kier alpha value is -2.19. The van der Waals surface area contributed by atoms with Gasteiger partial charge in [-0.2, -0.15) is 0 Å². The summed E-state index contributed by atoms with van der Waals surface area (Å²) in [6, 6.07) is 15.8. The third-order valence-corrected chi connectivity index (χ3v) is 12.3. The minimum Gasteiger partial charge on any atom is -0.405 e. The second kappa shape index (κ2) is 14.8. The van der Waals surface area contributed by atoms with Crippen LogP contribution in [0.25, 0.3) is 0 Å². The number of rotatable bonds is 4. The first-order chi connectivity index (χ1) is 24.0. The SMILES string of the molecule is CC1(C)OB(B2OC(C)(C)C(C)(C)O2)OC1(C)C.CC1(C)OB(c2ccc(N3CCCC3=O)cc2)OC1(C)C.O=C1CCCN1c1ccc(Br)cc1. The number of nitrogens with zero attached hydrogens (tertiary/aromatic N) is 2. The van der Waals surface area contributed by atoms with Crippen LogP contribution in [0.3, 0.4) is 0 Å². The smallest absolute Gasteiger partial charge is 0.405 e. The third-order valence-electron chi connectivity index (χ3n) is 11.8. The molecule has 14 heteroatoms. The molecule has 52 heavy (non-hydrogen) atoms. The minimum atomic E-state index is -0.476. The Kier molecular flexibility index (Phi) is 11.7. The zero-order valence-electron chi connectivity index (χ0n) is 33.1. The van der Waals surface area contributed by atoms with E-state index in [0.717, 1.165) is 47.2 Å². The van der Waals surface area contributed by atoms with Crippen molar-refractivity contribution in [1.29, 1.82) is 0 Å². The summed E-state index contributed by atoms with van der Waals surface area (Å²) in [5.74, 6) is 0.445. The van der Waals surface area contributed by atoms with Crippen LogP contribution in [0.5, 0.6) is 0 Å². The highest BCUT2D eigenvalue weighted by molar-refractivity contribution is 9.10. The standard InChI is InChI=1S/C16H22BNO3.C12H24B2O4.C10H10BrNO/c1-15(2)16(3,4)21-17(20-15)12-7-9-13(10-8-12)18-11-5-6-14(18)19;1-9(2)10(3,4)16-13(15-9)14-17-11(5,6)12(7,8)18-14;11-8-3-5-9(6-4-8)12-7-1-2-10(12)13/h7-10H,5-6,11H2,1-4H3;1-8H3;3-6H,1-2,7H2. The van der Waals surface area contributed by atoms with Crippen LogP contribution in [0.4, 0.5) is 11.4 Å². The van der Waals surface area contributed by atoms with Gasteiger partial charge >= 0.3 is 21.1 Å². The summed E-state index contributed by atoms with van der Waals surface area (Å²) in [5.41, 5.74) is 0.848. The lowest BCUT2D eigenvalue weighted by molar-refractivity contribution is -0.117. The van der Waals surface area contributed by atoms with Crippen LogP contribution in [-0.4, -0.2) is 79.6 Å². The zero-order chi connectivity index (χ0) is 38.5. The molecule has 10 nitrogen and oxygen atoms in total. The molecule has 0 radical (unpaired) electrons. The molecule has 5 aliphatic heterocycles. The summed E-state index contributed by atoms with van der Waals surface area (Å²) in [7, 11) is -1.30. The monoisotopic (exact) mass is 780 g/mol. The van der Waals surface area contributed by atoms with Crippen molar-refractivity contribution in [2.24, 2.45) is 0 Å². The normalized spacial score (nSPS) is 24.9. The van der Waals surface area contributed by atoms with Gasteiger partial charge in [0.05, 0.1) is 33.6 Å². The maximum atomic E-state index is 11.8. The zero-order valence-corrected chi connectivity index (χ0v) is 34.7. The fraction of sp³-hybridized carbons (Fsp3) is 0.632. The van der Waals surface area contributed by atoms with Gasteiger partial charge in [-0.25, -0.2) is 0 Å². The van der Waals surface area contributed by atoms with E-state index in [9.17, 15) is 9.59 Å². The van der Waals surface area contributed by atoms with E-state index in [2.05, 4.69) is 15.9 Å². The topological polar surface area (TPSA) is 96.0 Å². The maximum Gasteiger partial charge on any atom is 0.494 e. The summed E-state index contributed by atoms with van der Waals surface area (Å²) in [6.45, 7) is 26.1. The van der Waals surface area contributed by atoms with Crippen LogP contribution >= 0.6 is 15.9 Å². The number of anilines is 2. The molecular weight excluding hydrogens is 725 g/mol. The molecular formula is C38H56B3BrN2O8. The molecule has 0 aromatic heterocycles. The molecule has 2 aromatic carbocycles. The molecule has 0 bridgehead atoms. The molecule has 2 amide bonds. The van der Waals surface area contributed by atoms with E-state index >= 15 is 0 Å². The number of hydrogen-bond acceptors (Lipinski definition) is 8. The summed E-state index contributed by atoms with van der Waals surface area (Å²) >= 11 is 3.37. The molecule has 282 valence electrons. The summed E-state index contributed by atoms with van der Waals surface area (Å²) < 4.78 is 37.0. The van der Waals surface area contributed by atoms with Crippen LogP contribution in [0.15, 0.2) is 53.0 Å². The highest BCUT2D eigenvalue weighted by atomic mass is 79.9. The quantitative estimate of drug-likeness (QED) is 0.309. The van der Waals surface area contributed by atoms with E-state index in [1.165, 1.54) is 0 Å². The molecule has 0 aliphatic carbocycles. The lowest BCUT2D eigenvalue weighted by Gasteiger charge is -2.32. The number of hydrogen-bond donors (Lipinski definition) is 0. The first kappa shape index (κ1) is 41.0. The Labute approximate surface area is 320 Å². The number of benzene rings is 2. The molecule has 2 aromatic rings. The van der Waals surface area contributed by atoms with Gasteiger partial charge < -0.3 is 37.7 Å². The van der Waals surface area contributed by atoms with Gasteiger partial charge in [-0.15, -0.1) is 0 Å². The average Bonchev–Trinajstić information content (AvgIpc) is 3.81. The Bertz CT molecular complexity index is 1520. The van der Waals surface area contributed by atoms with Crippen molar-refractivity contribution >= 4 is 65.7 Å². The number of carbonyl (C=O) groups excluding carboxylic acids is 2. The minimum absolute atomic E-state index is 0.207. The second-order valence-corrected chi connectivity index (χ2v) is 18.1. The molecule has 0 spiro atoms. The Morgan fingerprint density at radius 1 is 0.500 bits per heavy atom. The van der Waals surface area contributed by atoms with Gasteiger partial charge in [-0.3, -0.25) is 9.59 Å². The van der Waals surface area contributed by atoms with Crippen molar-refractivity contribution in [2.45, 2.75) is 142 Å². The predicted octanol–water partition coefficient (Wildman–Crippen LogP) is 6.94. The van der Waals surface area contributed by atoms with E-state index < -0.39 is 14.0 Å². The lowest BCUT2D eigenvalue weighted by atomic mass is 9.49. The average molecular weight is 781 g/mol. The summed E-state index contributed by atoms with van der Waals surface area (Å²) in [6.07, 6.45) is 3.27. The molecule has 0 N–H and O–H groups in total. The van der Waals surface area contributed by atoms with Crippen LogP contribution in [0, 0.1) is 0 Å². The van der Waals surface area contributed by atoms with Crippen molar-refractivity contribution < 1.29 is 37.5 Å². The third kappa shape index (κ3) is 8.53. The van der Waals surface area contributed by atoms with Crippen LogP contribution < -0.4 is 15.3 Å². The van der Waals surface area contributed by atoms with Gasteiger partial charge in [0.15, 0.2) is 0 Å². The Morgan fingerprint density at radius 2 is 0.808 bits per heavy atom. The van der Waals surface area contributed by atoms with E-state index in [1.807, 2.05) is 141 Å². The fourth-order valence-corrected chi connectivity index (χ4v) is 6.52. The van der Waals surface area contributed by atoms with Crippen molar-refractivity contribution in [2.75, 3.05) is 22.9 Å². The van der Waals surface area contributed by atoms with Crippen molar-refractivity contribution in [3.63, 3.8) is 0 Å². The summed E-state index contributed by atoms with van der Waals surface area (Å²) in [5, 5.41) is 0. The van der Waals surface area contributed by atoms with Crippen molar-refractivity contribution in [3.8, 4) is 0 Å². The van der Waals surface area contributed by atoms with E-state index in [1.54, 1.807) is 0 Å². The second-order valence-electron chi connectivity index (χ2n) is 17.2. The molecule has 0 unspecified atom stereocenters. The maximum absolute atomic E-state index is 11.8. The van der Waals surface area contributed by atoms with E-state index in [4.69, 9.17) is 27.9 Å². The Morgan fingerprint density at radius 3 is 1.12 bits per heavy atom. The molecule has 7 rings (SSSR count). The first-order valence-corrected chi connectivity index (χ1v) is 19.3. The lowest BCUT2D eigenvalue weighted by Crippen LogP contribution is -2.41. The van der Waals surface area contributed by atoms with E-state index in [-0.39, 0.29) is 52.5 Å². The molecule has 5 aliphatic rings. The van der Waals surface area contributed by atoms with Crippen LogP contribution in [0.1, 0.15) is 109 Å². The van der Waals surface area contributed by atoms with Gasteiger partial charge in [-0.1, -0.05) is 28.1 Å². The van der Waals surface area contributed by atoms with Gasteiger partial charge in [0.1, 0.15) is 0 Å². The summed E-state index contributed by atoms with van der Waals surface area (Å²) in [4.78, 5) is 26.8. The number of amides is 2. The number of halogens is 1. The molecule has 5 heterocycles. The highest BCUT2D eigenvalue weighted by Gasteiger charge is 2.63. The number of carbonyl (C=O) groups is 2. The first-order valence-electron chi connectivity index (χ1n) is 18.5. The van der Waals surface area contributed by atoms with Gasteiger partial charge in [0.2, 0.25) is 11.8 Å². The highest BCUT2D eigenvalue weighted by Crippen LogP contribution is 2.43. The van der Waals surface area contributed by atoms with Gasteiger partial charge in [-0.05, 0) is 138 Å².